The first-order chi connectivity index (χ1) is 8.61. The van der Waals surface area contributed by atoms with Gasteiger partial charge < -0.3 is 5.32 Å². The van der Waals surface area contributed by atoms with Gasteiger partial charge in [0.05, 0.1) is 5.02 Å². The molecule has 0 aliphatic heterocycles. The van der Waals surface area contributed by atoms with Gasteiger partial charge in [-0.2, -0.15) is 0 Å². The first-order valence-electron chi connectivity index (χ1n) is 6.90. The summed E-state index contributed by atoms with van der Waals surface area (Å²) in [7, 11) is 0. The monoisotopic (exact) mass is 266 g/mol. The second-order valence-corrected chi connectivity index (χ2v) is 6.43. The van der Waals surface area contributed by atoms with E-state index in [2.05, 4.69) is 30.2 Å². The van der Waals surface area contributed by atoms with Gasteiger partial charge in [-0.05, 0) is 48.8 Å². The maximum absolute atomic E-state index is 6.21. The van der Waals surface area contributed by atoms with E-state index in [1.807, 2.05) is 6.20 Å². The van der Waals surface area contributed by atoms with Crippen LogP contribution in [0.1, 0.15) is 38.7 Å². The minimum absolute atomic E-state index is 0.430. The fourth-order valence-corrected chi connectivity index (χ4v) is 2.86. The molecule has 0 radical (unpaired) electrons. The van der Waals surface area contributed by atoms with Gasteiger partial charge in [0.15, 0.2) is 0 Å². The zero-order chi connectivity index (χ0) is 13.0. The molecule has 1 saturated carbocycles. The molecule has 1 aliphatic rings. The van der Waals surface area contributed by atoms with Gasteiger partial charge in [-0.1, -0.05) is 31.9 Å². The molecular formula is C15H23ClN2. The second kappa shape index (κ2) is 6.03. The smallest absolute Gasteiger partial charge is 0.0621 e. The van der Waals surface area contributed by atoms with Crippen LogP contribution in [0.4, 0.5) is 0 Å². The summed E-state index contributed by atoms with van der Waals surface area (Å²) in [5.41, 5.74) is 1.68. The molecule has 1 heterocycles. The average molecular weight is 267 g/mol. The van der Waals surface area contributed by atoms with Crippen LogP contribution in [0.15, 0.2) is 18.5 Å². The number of nitrogens with one attached hydrogen (secondary N) is 1. The van der Waals surface area contributed by atoms with Crippen LogP contribution >= 0.6 is 11.6 Å². The first kappa shape index (κ1) is 13.8. The van der Waals surface area contributed by atoms with Crippen molar-refractivity contribution < 1.29 is 0 Å². The Bertz CT molecular complexity index is 386. The molecule has 0 saturated heterocycles. The number of aromatic nitrogens is 1. The molecule has 1 N–H and O–H groups in total. The van der Waals surface area contributed by atoms with Crippen molar-refractivity contribution in [3.8, 4) is 0 Å². The van der Waals surface area contributed by atoms with Crippen LogP contribution in [0, 0.1) is 11.3 Å². The number of hydrogen-bond acceptors (Lipinski definition) is 2. The van der Waals surface area contributed by atoms with Crippen molar-refractivity contribution in [1.29, 1.82) is 0 Å². The molecule has 0 spiro atoms. The summed E-state index contributed by atoms with van der Waals surface area (Å²) in [6.07, 6.45) is 8.67. The zero-order valence-corrected chi connectivity index (χ0v) is 12.1. The highest BCUT2D eigenvalue weighted by Crippen LogP contribution is 2.44. The maximum Gasteiger partial charge on any atom is 0.0621 e. The van der Waals surface area contributed by atoms with E-state index in [-0.39, 0.29) is 0 Å². The quantitative estimate of drug-likeness (QED) is 0.849. The Morgan fingerprint density at radius 1 is 1.44 bits per heavy atom. The molecule has 0 atom stereocenters. The third kappa shape index (κ3) is 3.46. The topological polar surface area (TPSA) is 24.9 Å². The van der Waals surface area contributed by atoms with E-state index in [1.54, 1.807) is 6.20 Å². The Hall–Kier alpha value is -0.600. The van der Waals surface area contributed by atoms with Crippen LogP contribution in [0.2, 0.25) is 5.02 Å². The van der Waals surface area contributed by atoms with E-state index in [9.17, 15) is 0 Å². The molecule has 0 amide bonds. The first-order valence-corrected chi connectivity index (χ1v) is 7.28. The van der Waals surface area contributed by atoms with E-state index >= 15 is 0 Å². The molecule has 3 heteroatoms. The fourth-order valence-electron chi connectivity index (χ4n) is 2.67. The SMILES string of the molecule is CC(C)CNCC1(Cc2ccncc2Cl)CCC1. The highest BCUT2D eigenvalue weighted by molar-refractivity contribution is 6.31. The van der Waals surface area contributed by atoms with Gasteiger partial charge in [0.1, 0.15) is 0 Å². The summed E-state index contributed by atoms with van der Waals surface area (Å²) in [6.45, 7) is 6.72. The minimum Gasteiger partial charge on any atom is -0.316 e. The maximum atomic E-state index is 6.21. The summed E-state index contributed by atoms with van der Waals surface area (Å²) >= 11 is 6.21. The van der Waals surface area contributed by atoms with Gasteiger partial charge in [0.25, 0.3) is 0 Å². The number of pyridine rings is 1. The highest BCUT2D eigenvalue weighted by Gasteiger charge is 2.36. The van der Waals surface area contributed by atoms with Gasteiger partial charge in [-0.15, -0.1) is 0 Å². The normalized spacial score (nSPS) is 17.8. The van der Waals surface area contributed by atoms with Crippen molar-refractivity contribution >= 4 is 11.6 Å². The summed E-state index contributed by atoms with van der Waals surface area (Å²) in [6, 6.07) is 2.06. The molecule has 1 aliphatic carbocycles. The van der Waals surface area contributed by atoms with E-state index in [1.165, 1.54) is 24.8 Å². The molecule has 2 rings (SSSR count). The molecule has 1 fully saturated rings. The molecule has 2 nitrogen and oxygen atoms in total. The molecule has 1 aromatic heterocycles. The number of rotatable bonds is 6. The van der Waals surface area contributed by atoms with Crippen LogP contribution in [-0.4, -0.2) is 18.1 Å². The highest BCUT2D eigenvalue weighted by atomic mass is 35.5. The van der Waals surface area contributed by atoms with Crippen molar-refractivity contribution in [1.82, 2.24) is 10.3 Å². The Kier molecular flexibility index (Phi) is 4.63. The molecular weight excluding hydrogens is 244 g/mol. The Morgan fingerprint density at radius 3 is 2.78 bits per heavy atom. The van der Waals surface area contributed by atoms with Crippen molar-refractivity contribution in [2.75, 3.05) is 13.1 Å². The van der Waals surface area contributed by atoms with Gasteiger partial charge in [0, 0.05) is 18.9 Å². The van der Waals surface area contributed by atoms with E-state index < -0.39 is 0 Å². The van der Waals surface area contributed by atoms with Crippen molar-refractivity contribution in [3.05, 3.63) is 29.0 Å². The third-order valence-electron chi connectivity index (χ3n) is 3.89. The van der Waals surface area contributed by atoms with E-state index in [4.69, 9.17) is 11.6 Å². The lowest BCUT2D eigenvalue weighted by molar-refractivity contribution is 0.129. The van der Waals surface area contributed by atoms with Crippen molar-refractivity contribution in [2.45, 2.75) is 39.5 Å². The summed E-state index contributed by atoms with van der Waals surface area (Å²) in [5.74, 6) is 0.714. The molecule has 0 unspecified atom stereocenters. The van der Waals surface area contributed by atoms with Crippen molar-refractivity contribution in [3.63, 3.8) is 0 Å². The Balaban J connectivity index is 1.94. The van der Waals surface area contributed by atoms with Gasteiger partial charge in [0.2, 0.25) is 0 Å². The standard InChI is InChI=1S/C15H23ClN2/c1-12(2)9-18-11-15(5-3-6-15)8-13-4-7-17-10-14(13)16/h4,7,10,12,18H,3,5-6,8-9,11H2,1-2H3. The predicted octanol–water partition coefficient (Wildman–Crippen LogP) is 3.69. The van der Waals surface area contributed by atoms with E-state index in [0.29, 0.717) is 11.3 Å². The lowest BCUT2D eigenvalue weighted by atomic mass is 9.65. The number of hydrogen-bond donors (Lipinski definition) is 1. The zero-order valence-electron chi connectivity index (χ0n) is 11.4. The van der Waals surface area contributed by atoms with Crippen LogP contribution in [0.3, 0.4) is 0 Å². The van der Waals surface area contributed by atoms with Crippen LogP contribution in [0.25, 0.3) is 0 Å². The van der Waals surface area contributed by atoms with Crippen molar-refractivity contribution in [2.24, 2.45) is 11.3 Å². The minimum atomic E-state index is 0.430. The molecule has 18 heavy (non-hydrogen) atoms. The van der Waals surface area contributed by atoms with Crippen LogP contribution in [0.5, 0.6) is 0 Å². The third-order valence-corrected chi connectivity index (χ3v) is 4.23. The molecule has 1 aromatic rings. The summed E-state index contributed by atoms with van der Waals surface area (Å²) in [5, 5.41) is 4.42. The summed E-state index contributed by atoms with van der Waals surface area (Å²) < 4.78 is 0. The molecule has 0 bridgehead atoms. The Labute approximate surface area is 115 Å². The summed E-state index contributed by atoms with van der Waals surface area (Å²) in [4.78, 5) is 4.06. The lowest BCUT2D eigenvalue weighted by Crippen LogP contribution is -2.42. The molecule has 100 valence electrons. The molecule has 0 aromatic carbocycles. The Morgan fingerprint density at radius 2 is 2.22 bits per heavy atom. The number of nitrogens with zero attached hydrogens (tertiary/aromatic N) is 1. The van der Waals surface area contributed by atoms with Crippen LogP contribution < -0.4 is 5.32 Å². The van der Waals surface area contributed by atoms with E-state index in [0.717, 1.165) is 24.5 Å². The second-order valence-electron chi connectivity index (χ2n) is 6.02. The lowest BCUT2D eigenvalue weighted by Gasteiger charge is -2.43. The van der Waals surface area contributed by atoms with Gasteiger partial charge in [-0.3, -0.25) is 4.98 Å². The number of halogens is 1. The average Bonchev–Trinajstić information content (AvgIpc) is 2.28. The van der Waals surface area contributed by atoms with Gasteiger partial charge in [-0.25, -0.2) is 0 Å². The predicted molar refractivity (Wildman–Crippen MR) is 76.9 cm³/mol. The fraction of sp³-hybridized carbons (Fsp3) is 0.667. The van der Waals surface area contributed by atoms with Gasteiger partial charge >= 0.3 is 0 Å². The van der Waals surface area contributed by atoms with Crippen LogP contribution in [-0.2, 0) is 6.42 Å². The largest absolute Gasteiger partial charge is 0.316 e.